The van der Waals surface area contributed by atoms with Gasteiger partial charge in [0, 0.05) is 44.2 Å². The third kappa shape index (κ3) is 3.01. The normalized spacial score (nSPS) is 12.9. The molecule has 2 heterocycles. The van der Waals surface area contributed by atoms with Gasteiger partial charge in [-0.25, -0.2) is 0 Å². The van der Waals surface area contributed by atoms with Gasteiger partial charge in [-0.3, -0.25) is 4.68 Å². The Bertz CT molecular complexity index is 557. The zero-order chi connectivity index (χ0) is 14.0. The van der Waals surface area contributed by atoms with Gasteiger partial charge in [0.25, 0.3) is 0 Å². The van der Waals surface area contributed by atoms with Crippen LogP contribution in [0.2, 0.25) is 0 Å². The summed E-state index contributed by atoms with van der Waals surface area (Å²) in [5.74, 6) is 1.36. The first-order valence-electron chi connectivity index (χ1n) is 6.51. The highest BCUT2D eigenvalue weighted by Crippen LogP contribution is 2.20. The summed E-state index contributed by atoms with van der Waals surface area (Å²) in [5.41, 5.74) is 3.55. The molecular formula is C13H21N5O. The molecule has 104 valence electrons. The summed E-state index contributed by atoms with van der Waals surface area (Å²) in [4.78, 5) is 4.19. The summed E-state index contributed by atoms with van der Waals surface area (Å²) in [6.45, 7) is 8.90. The van der Waals surface area contributed by atoms with Crippen LogP contribution in [0, 0.1) is 20.8 Å². The van der Waals surface area contributed by atoms with Crippen molar-refractivity contribution in [3.05, 3.63) is 28.7 Å². The average molecular weight is 263 g/mol. The molecule has 1 unspecified atom stereocenters. The van der Waals surface area contributed by atoms with E-state index in [0.717, 1.165) is 24.5 Å². The zero-order valence-electron chi connectivity index (χ0n) is 12.2. The van der Waals surface area contributed by atoms with Gasteiger partial charge >= 0.3 is 0 Å². The van der Waals surface area contributed by atoms with Crippen molar-refractivity contribution in [2.75, 3.05) is 6.54 Å². The SMILES string of the molecule is Cc1nc(CCNC(C)c2c(C)nn(C)c2C)no1. The van der Waals surface area contributed by atoms with Gasteiger partial charge in [-0.15, -0.1) is 0 Å². The summed E-state index contributed by atoms with van der Waals surface area (Å²) < 4.78 is 6.87. The molecular weight excluding hydrogens is 242 g/mol. The zero-order valence-corrected chi connectivity index (χ0v) is 12.2. The molecule has 6 heteroatoms. The molecule has 2 aromatic heterocycles. The Morgan fingerprint density at radius 1 is 1.32 bits per heavy atom. The van der Waals surface area contributed by atoms with Crippen molar-refractivity contribution >= 4 is 0 Å². The third-order valence-corrected chi connectivity index (χ3v) is 3.37. The number of aryl methyl sites for hydroxylation is 3. The van der Waals surface area contributed by atoms with Crippen molar-refractivity contribution in [1.29, 1.82) is 0 Å². The number of nitrogens with one attached hydrogen (secondary N) is 1. The Hall–Kier alpha value is -1.69. The summed E-state index contributed by atoms with van der Waals surface area (Å²) in [6, 6.07) is 0.265. The molecule has 0 aromatic carbocycles. The first-order valence-corrected chi connectivity index (χ1v) is 6.51. The summed E-state index contributed by atoms with van der Waals surface area (Å²) >= 11 is 0. The lowest BCUT2D eigenvalue weighted by Gasteiger charge is -2.14. The van der Waals surface area contributed by atoms with Crippen molar-refractivity contribution in [2.24, 2.45) is 7.05 Å². The van der Waals surface area contributed by atoms with Crippen molar-refractivity contribution < 1.29 is 4.52 Å². The highest BCUT2D eigenvalue weighted by atomic mass is 16.5. The lowest BCUT2D eigenvalue weighted by Crippen LogP contribution is -2.22. The monoisotopic (exact) mass is 263 g/mol. The first kappa shape index (κ1) is 13.7. The van der Waals surface area contributed by atoms with Gasteiger partial charge < -0.3 is 9.84 Å². The highest BCUT2D eigenvalue weighted by Gasteiger charge is 2.15. The minimum Gasteiger partial charge on any atom is -0.340 e. The molecule has 0 bridgehead atoms. The molecule has 0 aliphatic heterocycles. The molecule has 6 nitrogen and oxygen atoms in total. The fourth-order valence-corrected chi connectivity index (χ4v) is 2.36. The molecule has 1 N–H and O–H groups in total. The third-order valence-electron chi connectivity index (χ3n) is 3.37. The number of nitrogens with zero attached hydrogens (tertiary/aromatic N) is 4. The van der Waals surface area contributed by atoms with Crippen molar-refractivity contribution in [2.45, 2.75) is 40.2 Å². The topological polar surface area (TPSA) is 68.8 Å². The lowest BCUT2D eigenvalue weighted by molar-refractivity contribution is 0.386. The van der Waals surface area contributed by atoms with Crippen LogP contribution < -0.4 is 5.32 Å². The molecule has 1 atom stereocenters. The van der Waals surface area contributed by atoms with E-state index in [9.17, 15) is 0 Å². The Morgan fingerprint density at radius 3 is 2.58 bits per heavy atom. The van der Waals surface area contributed by atoms with Crippen LogP contribution in [0.25, 0.3) is 0 Å². The van der Waals surface area contributed by atoms with E-state index in [0.29, 0.717) is 5.89 Å². The molecule has 0 saturated heterocycles. The van der Waals surface area contributed by atoms with Crippen LogP contribution in [0.3, 0.4) is 0 Å². The van der Waals surface area contributed by atoms with Gasteiger partial charge in [0.05, 0.1) is 5.69 Å². The van der Waals surface area contributed by atoms with E-state index in [1.807, 2.05) is 18.7 Å². The highest BCUT2D eigenvalue weighted by molar-refractivity contribution is 5.27. The van der Waals surface area contributed by atoms with Gasteiger partial charge in [-0.2, -0.15) is 10.1 Å². The van der Waals surface area contributed by atoms with Crippen molar-refractivity contribution in [1.82, 2.24) is 25.2 Å². The number of hydrogen-bond acceptors (Lipinski definition) is 5. The van der Waals surface area contributed by atoms with Gasteiger partial charge in [0.15, 0.2) is 5.82 Å². The fraction of sp³-hybridized carbons (Fsp3) is 0.615. The predicted molar refractivity (Wildman–Crippen MR) is 71.8 cm³/mol. The fourth-order valence-electron chi connectivity index (χ4n) is 2.36. The van der Waals surface area contributed by atoms with Gasteiger partial charge in [0.1, 0.15) is 0 Å². The Labute approximate surface area is 113 Å². The maximum Gasteiger partial charge on any atom is 0.223 e. The maximum absolute atomic E-state index is 4.95. The smallest absolute Gasteiger partial charge is 0.223 e. The molecule has 19 heavy (non-hydrogen) atoms. The molecule has 0 amide bonds. The van der Waals surface area contributed by atoms with E-state index in [1.54, 1.807) is 6.92 Å². The number of rotatable bonds is 5. The lowest BCUT2D eigenvalue weighted by atomic mass is 10.1. The van der Waals surface area contributed by atoms with E-state index in [2.05, 4.69) is 34.4 Å². The van der Waals surface area contributed by atoms with E-state index in [-0.39, 0.29) is 6.04 Å². The number of aromatic nitrogens is 4. The summed E-state index contributed by atoms with van der Waals surface area (Å²) in [6.07, 6.45) is 0.764. The standard InChI is InChI=1S/C13H21N5O/c1-8(13-9(2)16-18(5)10(13)3)14-7-6-12-15-11(4)19-17-12/h8,14H,6-7H2,1-5H3. The van der Waals surface area contributed by atoms with Crippen LogP contribution in [0.5, 0.6) is 0 Å². The molecule has 0 spiro atoms. The van der Waals surface area contributed by atoms with E-state index in [1.165, 1.54) is 11.3 Å². The van der Waals surface area contributed by atoms with Crippen LogP contribution in [0.15, 0.2) is 4.52 Å². The van der Waals surface area contributed by atoms with Crippen LogP contribution in [0.4, 0.5) is 0 Å². The first-order chi connectivity index (χ1) is 8.99. The van der Waals surface area contributed by atoms with Crippen molar-refractivity contribution in [3.63, 3.8) is 0 Å². The van der Waals surface area contributed by atoms with Crippen LogP contribution in [-0.2, 0) is 13.5 Å². The molecule has 0 fully saturated rings. The van der Waals surface area contributed by atoms with Crippen LogP contribution in [-0.4, -0.2) is 26.5 Å². The summed E-state index contributed by atoms with van der Waals surface area (Å²) in [7, 11) is 1.97. The maximum atomic E-state index is 4.95. The van der Waals surface area contributed by atoms with E-state index >= 15 is 0 Å². The number of hydrogen-bond donors (Lipinski definition) is 1. The van der Waals surface area contributed by atoms with Gasteiger partial charge in [-0.05, 0) is 20.8 Å². The molecule has 0 aliphatic carbocycles. The second-order valence-corrected chi connectivity index (χ2v) is 4.86. The Balaban J connectivity index is 1.92. The minimum atomic E-state index is 0.265. The van der Waals surface area contributed by atoms with Crippen LogP contribution in [0.1, 0.15) is 41.6 Å². The molecule has 2 aromatic rings. The minimum absolute atomic E-state index is 0.265. The second-order valence-electron chi connectivity index (χ2n) is 4.86. The second kappa shape index (κ2) is 5.52. The summed E-state index contributed by atoms with van der Waals surface area (Å²) in [5, 5.41) is 11.8. The Kier molecular flexibility index (Phi) is 3.99. The molecule has 2 rings (SSSR count). The molecule has 0 aliphatic rings. The van der Waals surface area contributed by atoms with E-state index in [4.69, 9.17) is 4.52 Å². The van der Waals surface area contributed by atoms with Gasteiger partial charge in [0.2, 0.25) is 5.89 Å². The van der Waals surface area contributed by atoms with Gasteiger partial charge in [-0.1, -0.05) is 5.16 Å². The molecule has 0 saturated carbocycles. The largest absolute Gasteiger partial charge is 0.340 e. The predicted octanol–water partition coefficient (Wildman–Crippen LogP) is 1.62. The average Bonchev–Trinajstić information content (AvgIpc) is 2.84. The molecule has 0 radical (unpaired) electrons. The van der Waals surface area contributed by atoms with E-state index < -0.39 is 0 Å². The van der Waals surface area contributed by atoms with Crippen LogP contribution >= 0.6 is 0 Å². The Morgan fingerprint density at radius 2 is 2.05 bits per heavy atom. The van der Waals surface area contributed by atoms with Crippen molar-refractivity contribution in [3.8, 4) is 0 Å². The quantitative estimate of drug-likeness (QED) is 0.887.